The molecule has 3 aromatic rings. The number of piperidine rings is 1. The quantitative estimate of drug-likeness (QED) is 0.278. The fourth-order valence-electron chi connectivity index (χ4n) is 5.78. The highest BCUT2D eigenvalue weighted by molar-refractivity contribution is 5.97. The average Bonchev–Trinajstić information content (AvgIpc) is 3.45. The van der Waals surface area contributed by atoms with Crippen LogP contribution < -0.4 is 15.4 Å². The maximum Gasteiger partial charge on any atom is 0.418 e. The molecule has 0 saturated carbocycles. The fraction of sp³-hybridized carbons (Fsp3) is 0.533. The smallest absolute Gasteiger partial charge is 0.418 e. The molecule has 0 radical (unpaired) electrons. The minimum atomic E-state index is -4.60. The highest BCUT2D eigenvalue weighted by atomic mass is 19.4. The van der Waals surface area contributed by atoms with E-state index in [1.54, 1.807) is 18.2 Å². The average molecular weight is 605 g/mol. The molecule has 4 heterocycles. The SMILES string of the molecule is COc1cc(C(=O)N2CCC(N3CCOCC3)CC2)ccc1Nc1cc(NC(CO)C(C)C)c2c(C(F)(F)F)c[nH]c2n1. The molecule has 2 aromatic heterocycles. The van der Waals surface area contributed by atoms with Crippen LogP contribution >= 0.6 is 0 Å². The van der Waals surface area contributed by atoms with Crippen LogP contribution in [0.4, 0.5) is 30.4 Å². The highest BCUT2D eigenvalue weighted by Gasteiger charge is 2.36. The van der Waals surface area contributed by atoms with Gasteiger partial charge in [0.25, 0.3) is 5.91 Å². The lowest BCUT2D eigenvalue weighted by atomic mass is 10.0. The second-order valence-electron chi connectivity index (χ2n) is 11.4. The van der Waals surface area contributed by atoms with E-state index in [4.69, 9.17) is 9.47 Å². The van der Waals surface area contributed by atoms with Crippen LogP contribution in [0.5, 0.6) is 5.75 Å². The van der Waals surface area contributed by atoms with Gasteiger partial charge in [-0.15, -0.1) is 0 Å². The number of ether oxygens (including phenoxy) is 2. The van der Waals surface area contributed by atoms with Gasteiger partial charge in [0.05, 0.1) is 49.6 Å². The van der Waals surface area contributed by atoms with E-state index in [0.717, 1.165) is 45.3 Å². The number of alkyl halides is 3. The number of nitrogens with zero attached hydrogens (tertiary/aromatic N) is 3. The number of amides is 1. The van der Waals surface area contributed by atoms with E-state index < -0.39 is 17.8 Å². The summed E-state index contributed by atoms with van der Waals surface area (Å²) in [6.45, 7) is 8.18. The number of likely N-dealkylation sites (tertiary alicyclic amines) is 1. The van der Waals surface area contributed by atoms with Gasteiger partial charge in [0.1, 0.15) is 17.2 Å². The number of hydrogen-bond donors (Lipinski definition) is 4. The summed E-state index contributed by atoms with van der Waals surface area (Å²) in [4.78, 5) is 24.7. The van der Waals surface area contributed by atoms with E-state index in [-0.39, 0.29) is 41.0 Å². The van der Waals surface area contributed by atoms with Crippen molar-refractivity contribution in [2.45, 2.75) is 44.9 Å². The van der Waals surface area contributed by atoms with Gasteiger partial charge in [-0.25, -0.2) is 4.98 Å². The number of pyridine rings is 1. The molecule has 5 rings (SSSR count). The molecular formula is C30H39F3N6O4. The number of H-pyrrole nitrogens is 1. The highest BCUT2D eigenvalue weighted by Crippen LogP contribution is 2.40. The van der Waals surface area contributed by atoms with Crippen LogP contribution in [-0.4, -0.2) is 96.0 Å². The summed E-state index contributed by atoms with van der Waals surface area (Å²) in [6, 6.07) is 6.52. The van der Waals surface area contributed by atoms with Gasteiger partial charge in [-0.3, -0.25) is 9.69 Å². The zero-order valence-electron chi connectivity index (χ0n) is 24.6. The van der Waals surface area contributed by atoms with Gasteiger partial charge in [0, 0.05) is 55.7 Å². The van der Waals surface area contributed by atoms with Crippen LogP contribution in [0, 0.1) is 5.92 Å². The van der Waals surface area contributed by atoms with Crippen LogP contribution in [-0.2, 0) is 10.9 Å². The molecule has 2 saturated heterocycles. The second-order valence-corrected chi connectivity index (χ2v) is 11.4. The molecule has 43 heavy (non-hydrogen) atoms. The van der Waals surface area contributed by atoms with Crippen LogP contribution in [0.15, 0.2) is 30.5 Å². The number of methoxy groups -OCH3 is 1. The topological polar surface area (TPSA) is 115 Å². The van der Waals surface area contributed by atoms with Crippen LogP contribution in [0.1, 0.15) is 42.6 Å². The lowest BCUT2D eigenvalue weighted by molar-refractivity contribution is -0.136. The normalized spacial score (nSPS) is 17.8. The molecule has 2 aliphatic rings. The van der Waals surface area contributed by atoms with E-state index in [9.17, 15) is 23.1 Å². The minimum Gasteiger partial charge on any atom is -0.495 e. The Hall–Kier alpha value is -3.55. The number of aromatic amines is 1. The van der Waals surface area contributed by atoms with E-state index in [0.29, 0.717) is 36.1 Å². The van der Waals surface area contributed by atoms with E-state index >= 15 is 0 Å². The lowest BCUT2D eigenvalue weighted by Crippen LogP contribution is -2.50. The Bertz CT molecular complexity index is 1410. The molecule has 0 bridgehead atoms. The zero-order chi connectivity index (χ0) is 30.7. The summed E-state index contributed by atoms with van der Waals surface area (Å²) in [7, 11) is 1.49. The first-order valence-electron chi connectivity index (χ1n) is 14.6. The number of halogens is 3. The van der Waals surface area contributed by atoms with Gasteiger partial charge in [-0.05, 0) is 37.0 Å². The van der Waals surface area contributed by atoms with Crippen LogP contribution in [0.3, 0.4) is 0 Å². The monoisotopic (exact) mass is 604 g/mol. The molecule has 1 unspecified atom stereocenters. The number of benzene rings is 1. The summed E-state index contributed by atoms with van der Waals surface area (Å²) >= 11 is 0. The van der Waals surface area contributed by atoms with Crippen molar-refractivity contribution in [2.24, 2.45) is 5.92 Å². The Morgan fingerprint density at radius 3 is 2.51 bits per heavy atom. The summed E-state index contributed by atoms with van der Waals surface area (Å²) < 4.78 is 52.5. The molecule has 1 aromatic carbocycles. The van der Waals surface area contributed by atoms with Gasteiger partial charge in [-0.2, -0.15) is 13.2 Å². The first kappa shape index (κ1) is 30.9. The van der Waals surface area contributed by atoms with Crippen LogP contribution in [0.25, 0.3) is 11.0 Å². The molecule has 2 fully saturated rings. The lowest BCUT2D eigenvalue weighted by Gasteiger charge is -2.40. The first-order valence-corrected chi connectivity index (χ1v) is 14.6. The molecule has 0 aliphatic carbocycles. The molecular weight excluding hydrogens is 565 g/mol. The van der Waals surface area contributed by atoms with Gasteiger partial charge in [0.2, 0.25) is 0 Å². The van der Waals surface area contributed by atoms with Gasteiger partial charge in [-0.1, -0.05) is 13.8 Å². The minimum absolute atomic E-state index is 0.0338. The molecule has 1 atom stereocenters. The van der Waals surface area contributed by atoms with Crippen molar-refractivity contribution in [3.8, 4) is 5.75 Å². The number of aliphatic hydroxyl groups is 1. The zero-order valence-corrected chi connectivity index (χ0v) is 24.6. The summed E-state index contributed by atoms with van der Waals surface area (Å²) in [6.07, 6.45) is -1.88. The third-order valence-corrected chi connectivity index (χ3v) is 8.31. The van der Waals surface area contributed by atoms with E-state index in [2.05, 4.69) is 25.5 Å². The summed E-state index contributed by atoms with van der Waals surface area (Å²) in [5, 5.41) is 15.9. The third-order valence-electron chi connectivity index (χ3n) is 8.31. The van der Waals surface area contributed by atoms with Crippen molar-refractivity contribution in [1.82, 2.24) is 19.8 Å². The van der Waals surface area contributed by atoms with Crippen molar-refractivity contribution in [1.29, 1.82) is 0 Å². The van der Waals surface area contributed by atoms with Gasteiger partial charge < -0.3 is 35.1 Å². The number of aliphatic hydroxyl groups excluding tert-OH is 1. The molecule has 1 amide bonds. The molecule has 2 aliphatic heterocycles. The Morgan fingerprint density at radius 2 is 1.88 bits per heavy atom. The predicted molar refractivity (Wildman–Crippen MR) is 158 cm³/mol. The number of aromatic nitrogens is 2. The van der Waals surface area contributed by atoms with Gasteiger partial charge in [0.15, 0.2) is 0 Å². The number of anilines is 3. The van der Waals surface area contributed by atoms with E-state index in [1.807, 2.05) is 18.7 Å². The summed E-state index contributed by atoms with van der Waals surface area (Å²) in [5.41, 5.74) is 0.346. The maximum atomic E-state index is 13.8. The number of morpholine rings is 1. The first-order chi connectivity index (χ1) is 20.6. The molecule has 234 valence electrons. The van der Waals surface area contributed by atoms with Crippen molar-refractivity contribution < 1.29 is 32.5 Å². The Morgan fingerprint density at radius 1 is 1.16 bits per heavy atom. The largest absolute Gasteiger partial charge is 0.495 e. The Kier molecular flexibility index (Phi) is 9.33. The van der Waals surface area contributed by atoms with Crippen molar-refractivity contribution in [3.05, 3.63) is 41.6 Å². The molecule has 13 heteroatoms. The predicted octanol–water partition coefficient (Wildman–Crippen LogP) is 4.70. The molecule has 10 nitrogen and oxygen atoms in total. The number of rotatable bonds is 9. The standard InChI is InChI=1S/C30H39F3N6O4/c1-18(2)24(17-40)35-23-15-26(37-28-27(23)21(16-34-28)30(31,32)33)36-22-5-4-19(14-25(22)42-3)29(41)39-8-6-20(7-9-39)38-10-12-43-13-11-38/h4-5,14-16,18,20,24,40H,6-13,17H2,1-3H3,(H3,34,35,36,37). The van der Waals surface area contributed by atoms with Crippen molar-refractivity contribution in [3.63, 3.8) is 0 Å². The van der Waals surface area contributed by atoms with E-state index in [1.165, 1.54) is 13.2 Å². The third kappa shape index (κ3) is 6.84. The Balaban J connectivity index is 1.36. The van der Waals surface area contributed by atoms with Crippen LogP contribution in [0.2, 0.25) is 0 Å². The number of carbonyl (C=O) groups is 1. The molecule has 0 spiro atoms. The molecule has 4 N–H and O–H groups in total. The fourth-order valence-corrected chi connectivity index (χ4v) is 5.78. The second kappa shape index (κ2) is 13.0. The van der Waals surface area contributed by atoms with Crippen molar-refractivity contribution >= 4 is 34.1 Å². The Labute approximate surface area is 248 Å². The maximum absolute atomic E-state index is 13.8. The summed E-state index contributed by atoms with van der Waals surface area (Å²) in [5.74, 6) is 0.524. The number of hydrogen-bond acceptors (Lipinski definition) is 8. The van der Waals surface area contributed by atoms with Gasteiger partial charge >= 0.3 is 6.18 Å². The number of nitrogens with one attached hydrogen (secondary N) is 3. The number of carbonyl (C=O) groups excluding carboxylic acids is 1. The number of fused-ring (bicyclic) bond motifs is 1. The van der Waals surface area contributed by atoms with Crippen molar-refractivity contribution in [2.75, 3.05) is 63.7 Å².